The fraction of sp³-hybridized carbons (Fsp3) is 0.400. The van der Waals surface area contributed by atoms with E-state index >= 15 is 0 Å². The van der Waals surface area contributed by atoms with Gasteiger partial charge in [0.05, 0.1) is 5.38 Å². The molecular formula is C10H13ClO2. The monoisotopic (exact) mass is 200 g/mol. The van der Waals surface area contributed by atoms with E-state index in [4.69, 9.17) is 11.6 Å². The summed E-state index contributed by atoms with van der Waals surface area (Å²) in [4.78, 5) is 0. The van der Waals surface area contributed by atoms with Crippen LogP contribution in [0.4, 0.5) is 0 Å². The van der Waals surface area contributed by atoms with Gasteiger partial charge in [-0.3, -0.25) is 0 Å². The fourth-order valence-electron chi connectivity index (χ4n) is 1.13. The minimum absolute atomic E-state index is 0.115. The van der Waals surface area contributed by atoms with Gasteiger partial charge in [-0.15, -0.1) is 11.6 Å². The summed E-state index contributed by atoms with van der Waals surface area (Å²) in [6.45, 7) is 3.92. The van der Waals surface area contributed by atoms with Gasteiger partial charge in [0.15, 0.2) is 11.5 Å². The molecule has 0 aromatic heterocycles. The topological polar surface area (TPSA) is 40.5 Å². The third-order valence-electron chi connectivity index (χ3n) is 1.93. The number of benzene rings is 1. The normalized spacial score (nSPS) is 13.2. The number of hydrogen-bond acceptors (Lipinski definition) is 2. The van der Waals surface area contributed by atoms with E-state index in [9.17, 15) is 10.2 Å². The smallest absolute Gasteiger partial charge is 0.162 e. The molecule has 13 heavy (non-hydrogen) atoms. The van der Waals surface area contributed by atoms with Gasteiger partial charge in [-0.2, -0.15) is 0 Å². The summed E-state index contributed by atoms with van der Waals surface area (Å²) in [6, 6.07) is 4.82. The van der Waals surface area contributed by atoms with Gasteiger partial charge in [0.2, 0.25) is 0 Å². The Morgan fingerprint density at radius 1 is 1.23 bits per heavy atom. The number of rotatable bonds is 2. The summed E-state index contributed by atoms with van der Waals surface area (Å²) in [7, 11) is 0. The van der Waals surface area contributed by atoms with Gasteiger partial charge in [-0.25, -0.2) is 0 Å². The van der Waals surface area contributed by atoms with E-state index in [-0.39, 0.29) is 22.8 Å². The maximum atomic E-state index is 9.48. The Hall–Kier alpha value is -0.890. The first-order valence-electron chi connectivity index (χ1n) is 4.19. The molecule has 0 saturated carbocycles. The molecule has 3 heteroatoms. The zero-order valence-corrected chi connectivity index (χ0v) is 8.42. The lowest BCUT2D eigenvalue weighted by atomic mass is 10.0. The highest BCUT2D eigenvalue weighted by Gasteiger charge is 2.17. The van der Waals surface area contributed by atoms with Gasteiger partial charge in [-0.05, 0) is 12.0 Å². The van der Waals surface area contributed by atoms with E-state index < -0.39 is 0 Å². The molecule has 0 bridgehead atoms. The van der Waals surface area contributed by atoms with Crippen LogP contribution in [0.1, 0.15) is 24.8 Å². The second-order valence-electron chi connectivity index (χ2n) is 3.36. The molecule has 0 aliphatic heterocycles. The maximum absolute atomic E-state index is 9.48. The first kappa shape index (κ1) is 10.2. The highest BCUT2D eigenvalue weighted by atomic mass is 35.5. The second kappa shape index (κ2) is 3.88. The molecule has 72 valence electrons. The zero-order valence-electron chi connectivity index (χ0n) is 7.66. The van der Waals surface area contributed by atoms with Crippen molar-refractivity contribution >= 4 is 11.6 Å². The van der Waals surface area contributed by atoms with E-state index in [2.05, 4.69) is 0 Å². The second-order valence-corrected chi connectivity index (χ2v) is 3.83. The Morgan fingerprint density at radius 3 is 2.38 bits per heavy atom. The molecule has 2 N–H and O–H groups in total. The molecule has 1 aromatic rings. The highest BCUT2D eigenvalue weighted by Crippen LogP contribution is 2.38. The van der Waals surface area contributed by atoms with Gasteiger partial charge < -0.3 is 10.2 Å². The number of aromatic hydroxyl groups is 2. The van der Waals surface area contributed by atoms with E-state index in [0.29, 0.717) is 5.56 Å². The van der Waals surface area contributed by atoms with Crippen LogP contribution in [0.5, 0.6) is 11.5 Å². The summed E-state index contributed by atoms with van der Waals surface area (Å²) in [6.07, 6.45) is 0. The summed E-state index contributed by atoms with van der Waals surface area (Å²) in [5.41, 5.74) is 0.580. The Kier molecular flexibility index (Phi) is 3.04. The van der Waals surface area contributed by atoms with Gasteiger partial charge in [0, 0.05) is 5.56 Å². The third-order valence-corrected chi connectivity index (χ3v) is 2.67. The predicted molar refractivity (Wildman–Crippen MR) is 53.2 cm³/mol. The Labute approximate surface area is 82.8 Å². The molecule has 1 aromatic carbocycles. The standard InChI is InChI=1S/C10H13ClO2/c1-6(2)9(11)7-4-3-5-8(12)10(7)13/h3-6,9,12-13H,1-2H3. The molecule has 0 radical (unpaired) electrons. The number of phenolic OH excluding ortho intramolecular Hbond substituents is 2. The third kappa shape index (κ3) is 2.07. The van der Waals surface area contributed by atoms with Gasteiger partial charge >= 0.3 is 0 Å². The molecule has 0 fully saturated rings. The number of halogens is 1. The first-order chi connectivity index (χ1) is 6.04. The lowest BCUT2D eigenvalue weighted by Crippen LogP contribution is -1.99. The van der Waals surface area contributed by atoms with E-state index in [1.54, 1.807) is 12.1 Å². The first-order valence-corrected chi connectivity index (χ1v) is 4.62. The number of phenols is 2. The fourth-order valence-corrected chi connectivity index (χ4v) is 1.31. The average Bonchev–Trinajstić information content (AvgIpc) is 2.08. The number of para-hydroxylation sites is 1. The largest absolute Gasteiger partial charge is 0.504 e. The van der Waals surface area contributed by atoms with Gasteiger partial charge in [0.1, 0.15) is 0 Å². The van der Waals surface area contributed by atoms with Crippen LogP contribution in [0.3, 0.4) is 0 Å². The molecule has 1 atom stereocenters. The summed E-state index contributed by atoms with van der Waals surface area (Å²) in [5.74, 6) is -0.0191. The van der Waals surface area contributed by atoms with Crippen molar-refractivity contribution in [3.05, 3.63) is 23.8 Å². The molecule has 0 heterocycles. The molecular weight excluding hydrogens is 188 g/mol. The molecule has 1 unspecified atom stereocenters. The van der Waals surface area contributed by atoms with E-state index in [1.165, 1.54) is 6.07 Å². The summed E-state index contributed by atoms with van der Waals surface area (Å²) < 4.78 is 0. The minimum atomic E-state index is -0.271. The van der Waals surface area contributed by atoms with Crippen molar-refractivity contribution in [3.63, 3.8) is 0 Å². The van der Waals surface area contributed by atoms with Crippen molar-refractivity contribution in [3.8, 4) is 11.5 Å². The van der Waals surface area contributed by atoms with Crippen molar-refractivity contribution in [2.75, 3.05) is 0 Å². The number of hydrogen-bond donors (Lipinski definition) is 2. The molecule has 1 rings (SSSR count). The summed E-state index contributed by atoms with van der Waals surface area (Å²) in [5, 5.41) is 18.4. The van der Waals surface area contributed by atoms with Crippen LogP contribution in [-0.2, 0) is 0 Å². The van der Waals surface area contributed by atoms with Crippen LogP contribution in [0.2, 0.25) is 0 Å². The molecule has 0 amide bonds. The lowest BCUT2D eigenvalue weighted by molar-refractivity contribution is 0.396. The Morgan fingerprint density at radius 2 is 1.85 bits per heavy atom. The van der Waals surface area contributed by atoms with E-state index in [1.807, 2.05) is 13.8 Å². The SMILES string of the molecule is CC(C)C(Cl)c1cccc(O)c1O. The lowest BCUT2D eigenvalue weighted by Gasteiger charge is -2.15. The van der Waals surface area contributed by atoms with Crippen LogP contribution < -0.4 is 0 Å². The molecule has 2 nitrogen and oxygen atoms in total. The molecule has 0 saturated heterocycles. The highest BCUT2D eigenvalue weighted by molar-refractivity contribution is 6.21. The van der Waals surface area contributed by atoms with Crippen LogP contribution in [0.25, 0.3) is 0 Å². The Bertz CT molecular complexity index is 297. The van der Waals surface area contributed by atoms with Crippen LogP contribution in [0, 0.1) is 5.92 Å². The zero-order chi connectivity index (χ0) is 10.0. The minimum Gasteiger partial charge on any atom is -0.504 e. The van der Waals surface area contributed by atoms with Crippen molar-refractivity contribution in [2.45, 2.75) is 19.2 Å². The van der Waals surface area contributed by atoms with Gasteiger partial charge in [-0.1, -0.05) is 26.0 Å². The maximum Gasteiger partial charge on any atom is 0.162 e. The van der Waals surface area contributed by atoms with Crippen molar-refractivity contribution in [1.29, 1.82) is 0 Å². The predicted octanol–water partition coefficient (Wildman–Crippen LogP) is 3.03. The van der Waals surface area contributed by atoms with Crippen molar-refractivity contribution in [1.82, 2.24) is 0 Å². The Balaban J connectivity index is 3.07. The van der Waals surface area contributed by atoms with Gasteiger partial charge in [0.25, 0.3) is 0 Å². The van der Waals surface area contributed by atoms with Crippen LogP contribution in [0.15, 0.2) is 18.2 Å². The molecule has 0 aliphatic carbocycles. The number of alkyl halides is 1. The molecule has 0 spiro atoms. The van der Waals surface area contributed by atoms with Crippen LogP contribution in [-0.4, -0.2) is 10.2 Å². The van der Waals surface area contributed by atoms with Crippen LogP contribution >= 0.6 is 11.6 Å². The molecule has 0 aliphatic rings. The average molecular weight is 201 g/mol. The van der Waals surface area contributed by atoms with Crippen molar-refractivity contribution < 1.29 is 10.2 Å². The van der Waals surface area contributed by atoms with E-state index in [0.717, 1.165) is 0 Å². The van der Waals surface area contributed by atoms with Crippen molar-refractivity contribution in [2.24, 2.45) is 5.92 Å². The summed E-state index contributed by atoms with van der Waals surface area (Å²) >= 11 is 6.05. The quantitative estimate of drug-likeness (QED) is 0.569.